The van der Waals surface area contributed by atoms with Crippen LogP contribution in [0.5, 0.6) is 0 Å². The van der Waals surface area contributed by atoms with Gasteiger partial charge in [0.15, 0.2) is 6.10 Å². The molecule has 0 heterocycles. The number of amides is 3. The number of primary amides is 1. The Kier molecular flexibility index (Phi) is 6.29. The third-order valence-corrected chi connectivity index (χ3v) is 4.98. The van der Waals surface area contributed by atoms with Gasteiger partial charge in [0.05, 0.1) is 15.5 Å². The number of sulfonamides is 1. The van der Waals surface area contributed by atoms with Crippen molar-refractivity contribution in [2.24, 2.45) is 5.73 Å². The summed E-state index contributed by atoms with van der Waals surface area (Å²) in [4.78, 5) is 34.0. The summed E-state index contributed by atoms with van der Waals surface area (Å²) in [5.74, 6) is -1.95. The molecule has 3 amide bonds. The summed E-state index contributed by atoms with van der Waals surface area (Å²) in [6, 6.07) is 2.40. The number of nitrogens with one attached hydrogen (secondary N) is 1. The molecular formula is C13H16ClN3O6S. The fraction of sp³-hybridized carbons (Fsp3) is 0.308. The fourth-order valence-corrected chi connectivity index (χ4v) is 2.66. The minimum absolute atomic E-state index is 0.0554. The van der Waals surface area contributed by atoms with Gasteiger partial charge in [0.1, 0.15) is 0 Å². The predicted molar refractivity (Wildman–Crippen MR) is 84.9 cm³/mol. The summed E-state index contributed by atoms with van der Waals surface area (Å²) >= 11 is 5.88. The third-order valence-electron chi connectivity index (χ3n) is 2.84. The van der Waals surface area contributed by atoms with E-state index in [-0.39, 0.29) is 15.5 Å². The number of nitrogens with two attached hydrogens (primary N) is 1. The Balaban J connectivity index is 3.07. The van der Waals surface area contributed by atoms with E-state index < -0.39 is 34.0 Å². The minimum atomic E-state index is -3.78. The van der Waals surface area contributed by atoms with Crippen molar-refractivity contribution in [3.8, 4) is 0 Å². The van der Waals surface area contributed by atoms with Crippen LogP contribution in [0, 0.1) is 0 Å². The number of carbonyl (C=O) groups excluding carboxylic acids is 3. The second-order valence-corrected chi connectivity index (χ2v) is 7.39. The maximum absolute atomic E-state index is 12.1. The van der Waals surface area contributed by atoms with Gasteiger partial charge in [-0.2, -0.15) is 0 Å². The molecule has 0 spiro atoms. The van der Waals surface area contributed by atoms with Crippen LogP contribution >= 0.6 is 11.6 Å². The van der Waals surface area contributed by atoms with Gasteiger partial charge in [0, 0.05) is 14.1 Å². The molecule has 0 saturated heterocycles. The Labute approximate surface area is 143 Å². The van der Waals surface area contributed by atoms with Gasteiger partial charge in [-0.15, -0.1) is 0 Å². The van der Waals surface area contributed by atoms with E-state index in [0.717, 1.165) is 10.4 Å². The van der Waals surface area contributed by atoms with Gasteiger partial charge in [-0.1, -0.05) is 11.6 Å². The molecule has 0 aliphatic heterocycles. The molecule has 1 aromatic rings. The van der Waals surface area contributed by atoms with Crippen molar-refractivity contribution < 1.29 is 27.5 Å². The predicted octanol–water partition coefficient (Wildman–Crippen LogP) is 0.330. The number of hydrogen-bond donors (Lipinski definition) is 2. The Bertz CT molecular complexity index is 778. The molecule has 1 aromatic carbocycles. The smallest absolute Gasteiger partial charge is 0.340 e. The fourth-order valence-electron chi connectivity index (χ4n) is 1.53. The van der Waals surface area contributed by atoms with Gasteiger partial charge in [0.25, 0.3) is 5.91 Å². The molecule has 0 aromatic heterocycles. The lowest BCUT2D eigenvalue weighted by molar-refractivity contribution is -0.127. The molecule has 0 radical (unpaired) electrons. The number of hydrogen-bond acceptors (Lipinski definition) is 6. The molecule has 0 unspecified atom stereocenters. The van der Waals surface area contributed by atoms with Crippen molar-refractivity contribution in [2.45, 2.75) is 17.9 Å². The summed E-state index contributed by atoms with van der Waals surface area (Å²) in [6.07, 6.45) is -1.34. The van der Waals surface area contributed by atoms with Crippen LogP contribution in [0.2, 0.25) is 5.02 Å². The van der Waals surface area contributed by atoms with E-state index in [2.05, 4.69) is 0 Å². The van der Waals surface area contributed by atoms with Crippen LogP contribution < -0.4 is 11.1 Å². The first-order valence-electron chi connectivity index (χ1n) is 6.50. The largest absolute Gasteiger partial charge is 0.449 e. The van der Waals surface area contributed by atoms with Crippen LogP contribution in [0.25, 0.3) is 0 Å². The number of benzene rings is 1. The van der Waals surface area contributed by atoms with Crippen LogP contribution in [0.4, 0.5) is 4.79 Å². The molecule has 0 saturated carbocycles. The molecule has 0 fully saturated rings. The van der Waals surface area contributed by atoms with Crippen LogP contribution in [0.1, 0.15) is 17.3 Å². The molecule has 0 bridgehead atoms. The van der Waals surface area contributed by atoms with Gasteiger partial charge in [0.2, 0.25) is 10.0 Å². The highest BCUT2D eigenvalue weighted by Crippen LogP contribution is 2.23. The van der Waals surface area contributed by atoms with E-state index in [9.17, 15) is 22.8 Å². The Morgan fingerprint density at radius 3 is 2.38 bits per heavy atom. The zero-order valence-corrected chi connectivity index (χ0v) is 14.6. The summed E-state index contributed by atoms with van der Waals surface area (Å²) < 4.78 is 30.0. The Hall–Kier alpha value is -2.17. The van der Waals surface area contributed by atoms with E-state index in [4.69, 9.17) is 22.1 Å². The SMILES string of the molecule is C[C@H](OC(=O)c1cc(S(=O)(=O)N(C)C)ccc1Cl)C(=O)NC(N)=O. The van der Waals surface area contributed by atoms with Gasteiger partial charge < -0.3 is 10.5 Å². The van der Waals surface area contributed by atoms with Crippen molar-refractivity contribution in [1.82, 2.24) is 9.62 Å². The molecule has 0 aliphatic rings. The molecule has 3 N–H and O–H groups in total. The lowest BCUT2D eigenvalue weighted by atomic mass is 10.2. The van der Waals surface area contributed by atoms with Crippen molar-refractivity contribution in [1.29, 1.82) is 0 Å². The van der Waals surface area contributed by atoms with Gasteiger partial charge in [-0.05, 0) is 25.1 Å². The summed E-state index contributed by atoms with van der Waals surface area (Å²) in [6.45, 7) is 1.21. The average Bonchev–Trinajstić information content (AvgIpc) is 2.46. The highest BCUT2D eigenvalue weighted by atomic mass is 35.5. The molecular weight excluding hydrogens is 362 g/mol. The van der Waals surface area contributed by atoms with Crippen LogP contribution in [-0.2, 0) is 19.6 Å². The molecule has 9 nitrogen and oxygen atoms in total. The van der Waals surface area contributed by atoms with E-state index in [1.54, 1.807) is 5.32 Å². The second kappa shape index (κ2) is 7.60. The number of halogens is 1. The molecule has 11 heteroatoms. The number of carbonyl (C=O) groups is 3. The van der Waals surface area contributed by atoms with E-state index in [0.29, 0.717) is 0 Å². The van der Waals surface area contributed by atoms with E-state index in [1.165, 1.54) is 33.2 Å². The third kappa shape index (κ3) is 4.66. The van der Waals surface area contributed by atoms with Gasteiger partial charge in [-0.3, -0.25) is 10.1 Å². The minimum Gasteiger partial charge on any atom is -0.449 e. The van der Waals surface area contributed by atoms with Crippen molar-refractivity contribution in [2.75, 3.05) is 14.1 Å². The number of nitrogens with zero attached hydrogens (tertiary/aromatic N) is 1. The van der Waals surface area contributed by atoms with E-state index in [1.807, 2.05) is 0 Å². The van der Waals surface area contributed by atoms with Gasteiger partial charge >= 0.3 is 12.0 Å². The lowest BCUT2D eigenvalue weighted by Crippen LogP contribution is -2.42. The number of rotatable bonds is 5. The van der Waals surface area contributed by atoms with Crippen LogP contribution in [0.3, 0.4) is 0 Å². The zero-order chi connectivity index (χ0) is 18.7. The summed E-state index contributed by atoms with van der Waals surface area (Å²) in [7, 11) is -1.12. The standard InChI is InChI=1S/C13H16ClN3O6S/c1-7(11(18)16-13(15)20)23-12(19)9-6-8(4-5-10(9)14)24(21,22)17(2)3/h4-7H,1-3H3,(H3,15,16,18,20)/t7-/m0/s1. The Morgan fingerprint density at radius 2 is 1.88 bits per heavy atom. The first-order chi connectivity index (χ1) is 11.0. The Morgan fingerprint density at radius 1 is 1.29 bits per heavy atom. The van der Waals surface area contributed by atoms with Crippen LogP contribution in [0.15, 0.2) is 23.1 Å². The quantitative estimate of drug-likeness (QED) is 0.709. The first-order valence-corrected chi connectivity index (χ1v) is 8.32. The average molecular weight is 378 g/mol. The number of ether oxygens (including phenoxy) is 1. The number of imide groups is 1. The second-order valence-electron chi connectivity index (χ2n) is 4.83. The highest BCUT2D eigenvalue weighted by molar-refractivity contribution is 7.89. The molecule has 0 aliphatic carbocycles. The van der Waals surface area contributed by atoms with Crippen molar-refractivity contribution in [3.63, 3.8) is 0 Å². The number of urea groups is 1. The highest BCUT2D eigenvalue weighted by Gasteiger charge is 2.24. The van der Waals surface area contributed by atoms with Gasteiger partial charge in [-0.25, -0.2) is 22.3 Å². The van der Waals surface area contributed by atoms with Crippen molar-refractivity contribution in [3.05, 3.63) is 28.8 Å². The van der Waals surface area contributed by atoms with E-state index >= 15 is 0 Å². The maximum Gasteiger partial charge on any atom is 0.340 e. The normalized spacial score (nSPS) is 12.5. The summed E-state index contributed by atoms with van der Waals surface area (Å²) in [5.41, 5.74) is 4.55. The maximum atomic E-state index is 12.1. The summed E-state index contributed by atoms with van der Waals surface area (Å²) in [5, 5.41) is 1.70. The molecule has 1 atom stereocenters. The zero-order valence-electron chi connectivity index (χ0n) is 13.1. The lowest BCUT2D eigenvalue weighted by Gasteiger charge is -2.15. The monoisotopic (exact) mass is 377 g/mol. The first kappa shape index (κ1) is 19.9. The molecule has 132 valence electrons. The van der Waals surface area contributed by atoms with Crippen LogP contribution in [-0.4, -0.2) is 50.8 Å². The topological polar surface area (TPSA) is 136 Å². The molecule has 1 rings (SSSR count). The molecule has 24 heavy (non-hydrogen) atoms. The van der Waals surface area contributed by atoms with Crippen molar-refractivity contribution >= 4 is 39.5 Å². The number of esters is 1.